The Balaban J connectivity index is 1.47. The Morgan fingerprint density at radius 3 is 2.88 bits per heavy atom. The summed E-state index contributed by atoms with van der Waals surface area (Å²) >= 11 is 8.80. The van der Waals surface area contributed by atoms with Gasteiger partial charge in [-0.2, -0.15) is 0 Å². The first-order chi connectivity index (χ1) is 11.7. The van der Waals surface area contributed by atoms with Crippen LogP contribution in [-0.2, 0) is 0 Å². The monoisotopic (exact) mass is 381 g/mol. The van der Waals surface area contributed by atoms with Crippen molar-refractivity contribution in [2.45, 2.75) is 4.34 Å². The van der Waals surface area contributed by atoms with Gasteiger partial charge in [0.1, 0.15) is 11.6 Å². The summed E-state index contributed by atoms with van der Waals surface area (Å²) in [6, 6.07) is 13.7. The molecule has 0 unspecified atom stereocenters. The van der Waals surface area contributed by atoms with Crippen LogP contribution in [0.15, 0.2) is 52.9 Å². The summed E-state index contributed by atoms with van der Waals surface area (Å²) in [5, 5.41) is 12.2. The Labute approximate surface area is 152 Å². The molecule has 3 aromatic rings. The highest BCUT2D eigenvalue weighted by atomic mass is 35.5. The summed E-state index contributed by atoms with van der Waals surface area (Å²) in [6.45, 7) is 0.528. The average Bonchev–Trinajstić information content (AvgIpc) is 3.01. The summed E-state index contributed by atoms with van der Waals surface area (Å²) in [6.07, 6.45) is 0. The number of anilines is 2. The maximum absolute atomic E-state index is 13.6. The molecule has 1 heterocycles. The van der Waals surface area contributed by atoms with Gasteiger partial charge in [0.2, 0.25) is 5.13 Å². The fraction of sp³-hybridized carbons (Fsp3) is 0.125. The van der Waals surface area contributed by atoms with Crippen LogP contribution in [0.3, 0.4) is 0 Å². The molecule has 24 heavy (non-hydrogen) atoms. The molecule has 0 saturated carbocycles. The van der Waals surface area contributed by atoms with Gasteiger partial charge in [0.15, 0.2) is 4.34 Å². The Morgan fingerprint density at radius 2 is 2.04 bits per heavy atom. The first-order valence-electron chi connectivity index (χ1n) is 7.07. The number of nitrogens with one attached hydrogen (secondary N) is 1. The zero-order chi connectivity index (χ0) is 16.8. The van der Waals surface area contributed by atoms with Crippen LogP contribution < -0.4 is 10.1 Å². The number of nitrogens with zero attached hydrogens (tertiary/aromatic N) is 2. The number of rotatable bonds is 7. The first kappa shape index (κ1) is 17.0. The lowest BCUT2D eigenvalue weighted by molar-refractivity contribution is 0.344. The molecule has 0 spiro atoms. The van der Waals surface area contributed by atoms with Crippen LogP contribution in [0.1, 0.15) is 0 Å². The molecule has 0 radical (unpaired) electrons. The minimum absolute atomic E-state index is 0.322. The second-order valence-corrected chi connectivity index (χ2v) is 7.39. The maximum atomic E-state index is 13.6. The van der Waals surface area contributed by atoms with Crippen molar-refractivity contribution in [3.8, 4) is 5.75 Å². The normalized spacial score (nSPS) is 10.6. The van der Waals surface area contributed by atoms with Crippen LogP contribution in [0.2, 0.25) is 5.02 Å². The lowest BCUT2D eigenvalue weighted by Gasteiger charge is -2.04. The number of hydrogen-bond acceptors (Lipinski definition) is 6. The van der Waals surface area contributed by atoms with E-state index in [9.17, 15) is 4.39 Å². The van der Waals surface area contributed by atoms with E-state index in [4.69, 9.17) is 16.3 Å². The van der Waals surface area contributed by atoms with Crippen molar-refractivity contribution in [2.75, 3.05) is 17.7 Å². The van der Waals surface area contributed by atoms with Gasteiger partial charge in [-0.1, -0.05) is 52.9 Å². The van der Waals surface area contributed by atoms with E-state index in [0.717, 1.165) is 15.8 Å². The molecule has 0 bridgehead atoms. The Bertz CT molecular complexity index is 815. The van der Waals surface area contributed by atoms with Gasteiger partial charge in [-0.3, -0.25) is 0 Å². The average molecular weight is 382 g/mol. The van der Waals surface area contributed by atoms with E-state index in [2.05, 4.69) is 15.5 Å². The minimum atomic E-state index is -0.322. The second kappa shape index (κ2) is 8.32. The molecule has 0 amide bonds. The zero-order valence-electron chi connectivity index (χ0n) is 12.4. The molecule has 0 aliphatic heterocycles. The highest BCUT2D eigenvalue weighted by Crippen LogP contribution is 2.28. The van der Waals surface area contributed by atoms with Gasteiger partial charge >= 0.3 is 0 Å². The third-order valence-electron chi connectivity index (χ3n) is 2.90. The van der Waals surface area contributed by atoms with Crippen molar-refractivity contribution in [1.29, 1.82) is 0 Å². The molecule has 0 aliphatic rings. The SMILES string of the molecule is Fc1ccccc1Nc1nnc(SCCOc2cccc(Cl)c2)s1. The number of para-hydroxylation sites is 1. The van der Waals surface area contributed by atoms with Gasteiger partial charge in [-0.25, -0.2) is 4.39 Å². The van der Waals surface area contributed by atoms with Crippen molar-refractivity contribution < 1.29 is 9.13 Å². The number of benzene rings is 2. The van der Waals surface area contributed by atoms with E-state index in [-0.39, 0.29) is 5.82 Å². The summed E-state index contributed by atoms with van der Waals surface area (Å²) in [5.74, 6) is 1.14. The highest BCUT2D eigenvalue weighted by molar-refractivity contribution is 8.01. The molecule has 1 aromatic heterocycles. The van der Waals surface area contributed by atoms with E-state index in [1.54, 1.807) is 30.3 Å². The van der Waals surface area contributed by atoms with Gasteiger partial charge in [-0.05, 0) is 30.3 Å². The van der Waals surface area contributed by atoms with Gasteiger partial charge in [0.05, 0.1) is 12.3 Å². The minimum Gasteiger partial charge on any atom is -0.493 e. The van der Waals surface area contributed by atoms with E-state index in [1.165, 1.54) is 29.2 Å². The molecule has 8 heteroatoms. The number of aromatic nitrogens is 2. The molecule has 0 saturated heterocycles. The van der Waals surface area contributed by atoms with Gasteiger partial charge in [0.25, 0.3) is 0 Å². The molecule has 1 N–H and O–H groups in total. The third kappa shape index (κ3) is 4.83. The smallest absolute Gasteiger partial charge is 0.210 e. The van der Waals surface area contributed by atoms with Crippen molar-refractivity contribution in [3.63, 3.8) is 0 Å². The third-order valence-corrected chi connectivity index (χ3v) is 5.07. The van der Waals surface area contributed by atoms with Crippen LogP contribution in [-0.4, -0.2) is 22.6 Å². The zero-order valence-corrected chi connectivity index (χ0v) is 14.8. The number of halogens is 2. The summed E-state index contributed by atoms with van der Waals surface area (Å²) < 4.78 is 20.0. The predicted molar refractivity (Wildman–Crippen MR) is 97.3 cm³/mol. The quantitative estimate of drug-likeness (QED) is 0.447. The number of hydrogen-bond donors (Lipinski definition) is 1. The van der Waals surface area contributed by atoms with Gasteiger partial charge in [0, 0.05) is 10.8 Å². The predicted octanol–water partition coefficient (Wildman–Crippen LogP) is 5.25. The number of thioether (sulfide) groups is 1. The molecule has 124 valence electrons. The largest absolute Gasteiger partial charge is 0.493 e. The van der Waals surface area contributed by atoms with Crippen molar-refractivity contribution in [3.05, 3.63) is 59.4 Å². The fourth-order valence-corrected chi connectivity index (χ4v) is 3.67. The summed E-state index contributed by atoms with van der Waals surface area (Å²) in [7, 11) is 0. The van der Waals surface area contributed by atoms with E-state index >= 15 is 0 Å². The molecule has 0 aliphatic carbocycles. The highest BCUT2D eigenvalue weighted by Gasteiger charge is 2.07. The Morgan fingerprint density at radius 1 is 1.17 bits per heavy atom. The van der Waals surface area contributed by atoms with Crippen LogP contribution >= 0.6 is 34.7 Å². The van der Waals surface area contributed by atoms with Crippen molar-refractivity contribution in [1.82, 2.24) is 10.2 Å². The van der Waals surface area contributed by atoms with E-state index in [1.807, 2.05) is 12.1 Å². The van der Waals surface area contributed by atoms with E-state index < -0.39 is 0 Å². The van der Waals surface area contributed by atoms with Crippen molar-refractivity contribution in [2.24, 2.45) is 0 Å². The van der Waals surface area contributed by atoms with Crippen LogP contribution in [0.4, 0.5) is 15.2 Å². The molecule has 0 fully saturated rings. The summed E-state index contributed by atoms with van der Waals surface area (Å²) in [5.41, 5.74) is 0.384. The fourth-order valence-electron chi connectivity index (χ4n) is 1.84. The molecule has 4 nitrogen and oxygen atoms in total. The standard InChI is InChI=1S/C16H13ClFN3OS2/c17-11-4-3-5-12(10-11)22-8-9-23-16-21-20-15(24-16)19-14-7-2-1-6-13(14)18/h1-7,10H,8-9H2,(H,19,20). The maximum Gasteiger partial charge on any atom is 0.210 e. The lowest BCUT2D eigenvalue weighted by atomic mass is 10.3. The second-order valence-electron chi connectivity index (χ2n) is 4.63. The number of ether oxygens (including phenoxy) is 1. The Kier molecular flexibility index (Phi) is 5.90. The van der Waals surface area contributed by atoms with Crippen LogP contribution in [0.5, 0.6) is 5.75 Å². The molecular weight excluding hydrogens is 369 g/mol. The lowest BCUT2D eigenvalue weighted by Crippen LogP contribution is -1.99. The van der Waals surface area contributed by atoms with E-state index in [0.29, 0.717) is 22.4 Å². The van der Waals surface area contributed by atoms with Crippen molar-refractivity contribution >= 4 is 45.5 Å². The van der Waals surface area contributed by atoms with Crippen LogP contribution in [0, 0.1) is 5.82 Å². The molecule has 0 atom stereocenters. The van der Waals surface area contributed by atoms with Gasteiger partial charge < -0.3 is 10.1 Å². The molecule has 3 rings (SSSR count). The molecular formula is C16H13ClFN3OS2. The molecule has 2 aromatic carbocycles. The van der Waals surface area contributed by atoms with Crippen LogP contribution in [0.25, 0.3) is 0 Å². The first-order valence-corrected chi connectivity index (χ1v) is 9.25. The Hall–Kier alpha value is -1.83. The van der Waals surface area contributed by atoms with Gasteiger partial charge in [-0.15, -0.1) is 10.2 Å². The topological polar surface area (TPSA) is 47.0 Å². The summed E-state index contributed by atoms with van der Waals surface area (Å²) in [4.78, 5) is 0.